The highest BCUT2D eigenvalue weighted by molar-refractivity contribution is 5.99. The fourth-order valence-corrected chi connectivity index (χ4v) is 4.69. The third kappa shape index (κ3) is 3.12. The van der Waals surface area contributed by atoms with Crippen LogP contribution in [0.25, 0.3) is 11.0 Å². The number of benzene rings is 3. The highest BCUT2D eigenvalue weighted by atomic mass is 16.7. The van der Waals surface area contributed by atoms with Crippen molar-refractivity contribution >= 4 is 16.9 Å². The molecule has 0 saturated carbocycles. The Hall–Kier alpha value is -4.26. The van der Waals surface area contributed by atoms with E-state index in [4.69, 9.17) is 18.6 Å². The monoisotopic (exact) mass is 455 g/mol. The third-order valence-corrected chi connectivity index (χ3v) is 6.32. The molecule has 34 heavy (non-hydrogen) atoms. The predicted octanol–water partition coefficient (Wildman–Crippen LogP) is 4.58. The van der Waals surface area contributed by atoms with Crippen molar-refractivity contribution in [2.75, 3.05) is 13.9 Å². The number of ether oxygens (including phenoxy) is 3. The molecule has 1 amide bonds. The molecule has 1 aromatic heterocycles. The Kier molecular flexibility index (Phi) is 4.58. The average molecular weight is 455 g/mol. The first kappa shape index (κ1) is 20.4. The van der Waals surface area contributed by atoms with Crippen molar-refractivity contribution in [2.24, 2.45) is 0 Å². The van der Waals surface area contributed by atoms with Gasteiger partial charge in [-0.2, -0.15) is 0 Å². The van der Waals surface area contributed by atoms with Crippen molar-refractivity contribution < 1.29 is 23.4 Å². The lowest BCUT2D eigenvalue weighted by Gasteiger charge is -2.25. The molecule has 1 atom stereocenters. The molecule has 0 fully saturated rings. The number of aryl methyl sites for hydroxylation is 1. The first-order valence-corrected chi connectivity index (χ1v) is 10.9. The van der Waals surface area contributed by atoms with Crippen molar-refractivity contribution in [1.82, 2.24) is 4.90 Å². The van der Waals surface area contributed by atoms with Crippen LogP contribution in [0.3, 0.4) is 0 Å². The normalized spacial score (nSPS) is 16.2. The van der Waals surface area contributed by atoms with E-state index in [1.165, 1.54) is 0 Å². The Labute approximate surface area is 195 Å². The van der Waals surface area contributed by atoms with Crippen LogP contribution < -0.4 is 19.6 Å². The topological polar surface area (TPSA) is 78.2 Å². The van der Waals surface area contributed by atoms with Gasteiger partial charge >= 0.3 is 0 Å². The van der Waals surface area contributed by atoms with Crippen LogP contribution in [0.4, 0.5) is 0 Å². The summed E-state index contributed by atoms with van der Waals surface area (Å²) >= 11 is 0. The highest BCUT2D eigenvalue weighted by Gasteiger charge is 2.43. The van der Waals surface area contributed by atoms with Gasteiger partial charge < -0.3 is 23.5 Å². The zero-order valence-electron chi connectivity index (χ0n) is 18.7. The molecule has 0 bridgehead atoms. The van der Waals surface area contributed by atoms with Gasteiger partial charge in [0.1, 0.15) is 11.3 Å². The van der Waals surface area contributed by atoms with E-state index in [1.807, 2.05) is 55.5 Å². The first-order chi connectivity index (χ1) is 16.5. The largest absolute Gasteiger partial charge is 0.497 e. The fraction of sp³-hybridized carbons (Fsp3) is 0.185. The molecule has 2 aliphatic heterocycles. The average Bonchev–Trinajstić information content (AvgIpc) is 3.42. The fourth-order valence-electron chi connectivity index (χ4n) is 4.69. The SMILES string of the molecule is COc1cccc(C2c3c(oc4ccc(C)cc4c3=O)C(=O)N2Cc2ccc3c(c2)OCO3)c1. The Morgan fingerprint density at radius 1 is 1.00 bits per heavy atom. The summed E-state index contributed by atoms with van der Waals surface area (Å²) in [5.41, 5.74) is 3.11. The molecule has 0 N–H and O–H groups in total. The molecule has 7 nitrogen and oxygen atoms in total. The van der Waals surface area contributed by atoms with E-state index in [2.05, 4.69) is 0 Å². The summed E-state index contributed by atoms with van der Waals surface area (Å²) in [6, 6.07) is 17.8. The number of nitrogens with zero attached hydrogens (tertiary/aromatic N) is 1. The molecule has 3 heterocycles. The minimum atomic E-state index is -0.621. The van der Waals surface area contributed by atoms with Crippen LogP contribution in [0.5, 0.6) is 17.2 Å². The predicted molar refractivity (Wildman–Crippen MR) is 124 cm³/mol. The third-order valence-electron chi connectivity index (χ3n) is 6.32. The van der Waals surface area contributed by atoms with Gasteiger partial charge in [-0.05, 0) is 54.4 Å². The lowest BCUT2D eigenvalue weighted by molar-refractivity contribution is 0.0714. The molecule has 3 aromatic carbocycles. The van der Waals surface area contributed by atoms with Gasteiger partial charge in [0, 0.05) is 6.54 Å². The first-order valence-electron chi connectivity index (χ1n) is 10.9. The lowest BCUT2D eigenvalue weighted by atomic mass is 9.97. The molecule has 1 unspecified atom stereocenters. The summed E-state index contributed by atoms with van der Waals surface area (Å²) in [5, 5.41) is 0.462. The van der Waals surface area contributed by atoms with Crippen molar-refractivity contribution in [3.8, 4) is 17.2 Å². The molecule has 0 aliphatic carbocycles. The molecule has 170 valence electrons. The van der Waals surface area contributed by atoms with E-state index in [-0.39, 0.29) is 30.4 Å². The maximum Gasteiger partial charge on any atom is 0.291 e. The standard InChI is InChI=1S/C27H21NO6/c1-15-6-8-20-19(10-15)25(29)23-24(17-4-3-5-18(12-17)31-2)28(27(30)26(23)34-20)13-16-7-9-21-22(11-16)33-14-32-21/h3-12,24H,13-14H2,1-2H3. The Balaban J connectivity index is 1.53. The molecular formula is C27H21NO6. The number of carbonyl (C=O) groups excluding carboxylic acids is 1. The number of hydrogen-bond donors (Lipinski definition) is 0. The van der Waals surface area contributed by atoms with Gasteiger partial charge in [0.05, 0.1) is 24.1 Å². The minimum absolute atomic E-state index is 0.0786. The second-order valence-corrected chi connectivity index (χ2v) is 8.47. The van der Waals surface area contributed by atoms with E-state index in [9.17, 15) is 9.59 Å². The van der Waals surface area contributed by atoms with Crippen LogP contribution in [0.1, 0.15) is 38.9 Å². The maximum absolute atomic E-state index is 13.7. The summed E-state index contributed by atoms with van der Waals surface area (Å²) in [6.07, 6.45) is 0. The minimum Gasteiger partial charge on any atom is -0.497 e. The summed E-state index contributed by atoms with van der Waals surface area (Å²) in [6.45, 7) is 2.35. The number of hydrogen-bond acceptors (Lipinski definition) is 6. The van der Waals surface area contributed by atoms with E-state index in [0.717, 1.165) is 16.7 Å². The van der Waals surface area contributed by atoms with Crippen LogP contribution in [-0.2, 0) is 6.54 Å². The Morgan fingerprint density at radius 2 is 1.85 bits per heavy atom. The van der Waals surface area contributed by atoms with Crippen LogP contribution in [0, 0.1) is 6.92 Å². The van der Waals surface area contributed by atoms with E-state index >= 15 is 0 Å². The number of fused-ring (bicyclic) bond motifs is 3. The van der Waals surface area contributed by atoms with Crippen molar-refractivity contribution in [3.05, 3.63) is 98.9 Å². The van der Waals surface area contributed by atoms with Gasteiger partial charge in [-0.15, -0.1) is 0 Å². The van der Waals surface area contributed by atoms with Crippen LogP contribution in [0.15, 0.2) is 69.9 Å². The molecule has 2 aliphatic rings. The zero-order chi connectivity index (χ0) is 23.4. The number of methoxy groups -OCH3 is 1. The van der Waals surface area contributed by atoms with Gasteiger partial charge in [0.15, 0.2) is 16.9 Å². The molecule has 4 aromatic rings. The van der Waals surface area contributed by atoms with Crippen LogP contribution in [-0.4, -0.2) is 24.7 Å². The molecular weight excluding hydrogens is 434 g/mol. The van der Waals surface area contributed by atoms with Crippen molar-refractivity contribution in [2.45, 2.75) is 19.5 Å². The second kappa shape index (κ2) is 7.66. The van der Waals surface area contributed by atoms with Crippen LogP contribution in [0.2, 0.25) is 0 Å². The molecule has 0 radical (unpaired) electrons. The van der Waals surface area contributed by atoms with E-state index in [0.29, 0.717) is 33.8 Å². The van der Waals surface area contributed by atoms with Crippen LogP contribution >= 0.6 is 0 Å². The van der Waals surface area contributed by atoms with Gasteiger partial charge in [0.25, 0.3) is 5.91 Å². The smallest absolute Gasteiger partial charge is 0.291 e. The molecule has 6 rings (SSSR count). The van der Waals surface area contributed by atoms with Gasteiger partial charge in [-0.3, -0.25) is 9.59 Å². The Bertz CT molecular complexity index is 1520. The van der Waals surface area contributed by atoms with Gasteiger partial charge in [-0.25, -0.2) is 0 Å². The maximum atomic E-state index is 13.7. The summed E-state index contributed by atoms with van der Waals surface area (Å²) in [4.78, 5) is 29.0. The number of amides is 1. The number of rotatable bonds is 4. The number of carbonyl (C=O) groups is 1. The quantitative estimate of drug-likeness (QED) is 0.448. The summed E-state index contributed by atoms with van der Waals surface area (Å²) in [7, 11) is 1.59. The van der Waals surface area contributed by atoms with Gasteiger partial charge in [0.2, 0.25) is 12.6 Å². The zero-order valence-corrected chi connectivity index (χ0v) is 18.7. The second-order valence-electron chi connectivity index (χ2n) is 8.47. The molecule has 0 spiro atoms. The Morgan fingerprint density at radius 3 is 2.71 bits per heavy atom. The van der Waals surface area contributed by atoms with Crippen molar-refractivity contribution in [3.63, 3.8) is 0 Å². The van der Waals surface area contributed by atoms with Crippen molar-refractivity contribution in [1.29, 1.82) is 0 Å². The highest BCUT2D eigenvalue weighted by Crippen LogP contribution is 2.41. The van der Waals surface area contributed by atoms with E-state index in [1.54, 1.807) is 24.1 Å². The summed E-state index contributed by atoms with van der Waals surface area (Å²) < 4.78 is 22.4. The molecule has 7 heteroatoms. The van der Waals surface area contributed by atoms with Gasteiger partial charge in [-0.1, -0.05) is 29.8 Å². The lowest BCUT2D eigenvalue weighted by Crippen LogP contribution is -2.29. The van der Waals surface area contributed by atoms with E-state index < -0.39 is 6.04 Å². The summed E-state index contributed by atoms with van der Waals surface area (Å²) in [5.74, 6) is 1.69. The molecule has 0 saturated heterocycles.